The minimum Gasteiger partial charge on any atom is -0.481 e. The maximum atomic E-state index is 12.0. The van der Waals surface area contributed by atoms with Crippen molar-refractivity contribution in [3.63, 3.8) is 0 Å². The highest BCUT2D eigenvalue weighted by atomic mass is 79.9. The minimum atomic E-state index is -0.832. The molecule has 1 aromatic rings. The van der Waals surface area contributed by atoms with Crippen molar-refractivity contribution >= 4 is 27.9 Å². The number of nitrogens with one attached hydrogen (secondary N) is 1. The van der Waals surface area contributed by atoms with Crippen molar-refractivity contribution in [2.75, 3.05) is 13.1 Å². The average molecular weight is 341 g/mol. The lowest BCUT2D eigenvalue weighted by atomic mass is 10.1. The summed E-state index contributed by atoms with van der Waals surface area (Å²) in [5, 5.41) is 11.8. The predicted molar refractivity (Wildman–Crippen MR) is 78.4 cm³/mol. The number of aliphatic carboxylic acids is 1. The topological polar surface area (TPSA) is 69.6 Å². The molecule has 1 atom stereocenters. The highest BCUT2D eigenvalue weighted by molar-refractivity contribution is 9.10. The third kappa shape index (κ3) is 3.30. The fourth-order valence-electron chi connectivity index (χ4n) is 2.27. The lowest BCUT2D eigenvalue weighted by Crippen LogP contribution is -2.38. The summed E-state index contributed by atoms with van der Waals surface area (Å²) in [6.07, 6.45) is 0.525. The van der Waals surface area contributed by atoms with Crippen LogP contribution in [-0.4, -0.2) is 35.1 Å². The summed E-state index contributed by atoms with van der Waals surface area (Å²) < 4.78 is 0.991. The van der Waals surface area contributed by atoms with Gasteiger partial charge in [0.15, 0.2) is 0 Å². The van der Waals surface area contributed by atoms with Crippen molar-refractivity contribution in [2.24, 2.45) is 5.92 Å². The van der Waals surface area contributed by atoms with Crippen molar-refractivity contribution in [2.45, 2.75) is 19.9 Å². The highest BCUT2D eigenvalue weighted by Gasteiger charge is 2.30. The van der Waals surface area contributed by atoms with Gasteiger partial charge in [0.2, 0.25) is 0 Å². The number of benzene rings is 1. The zero-order valence-corrected chi connectivity index (χ0v) is 12.8. The van der Waals surface area contributed by atoms with Gasteiger partial charge in [-0.2, -0.15) is 0 Å². The first kappa shape index (κ1) is 14.8. The number of carboxylic acids is 1. The van der Waals surface area contributed by atoms with Crippen LogP contribution >= 0.6 is 15.9 Å². The second-order valence-electron chi connectivity index (χ2n) is 4.98. The van der Waals surface area contributed by atoms with E-state index in [1.54, 1.807) is 4.90 Å². The first-order chi connectivity index (χ1) is 9.49. The number of carboxylic acid groups (broad SMARTS) is 1. The molecular weight excluding hydrogens is 324 g/mol. The van der Waals surface area contributed by atoms with Crippen molar-refractivity contribution < 1.29 is 14.7 Å². The largest absolute Gasteiger partial charge is 0.481 e. The highest BCUT2D eigenvalue weighted by Crippen LogP contribution is 2.21. The molecule has 108 valence electrons. The van der Waals surface area contributed by atoms with Gasteiger partial charge in [0.05, 0.1) is 5.92 Å². The van der Waals surface area contributed by atoms with Crippen LogP contribution in [0.3, 0.4) is 0 Å². The quantitative estimate of drug-likeness (QED) is 0.887. The van der Waals surface area contributed by atoms with Crippen LogP contribution in [0.1, 0.15) is 17.5 Å². The van der Waals surface area contributed by atoms with E-state index < -0.39 is 11.9 Å². The Hall–Kier alpha value is -1.56. The molecule has 2 rings (SSSR count). The van der Waals surface area contributed by atoms with E-state index in [-0.39, 0.29) is 12.6 Å². The Balaban J connectivity index is 1.90. The molecule has 1 saturated heterocycles. The molecule has 0 spiro atoms. The molecular formula is C14H17BrN2O3. The van der Waals surface area contributed by atoms with Gasteiger partial charge in [-0.15, -0.1) is 0 Å². The van der Waals surface area contributed by atoms with Crippen LogP contribution in [-0.2, 0) is 11.3 Å². The molecule has 1 aliphatic heterocycles. The zero-order chi connectivity index (χ0) is 14.7. The van der Waals surface area contributed by atoms with Crippen LogP contribution in [0.15, 0.2) is 22.7 Å². The fraction of sp³-hybridized carbons (Fsp3) is 0.429. The zero-order valence-electron chi connectivity index (χ0n) is 11.2. The molecule has 5 nitrogen and oxygen atoms in total. The number of carbonyl (C=O) groups excluding carboxylic acids is 1. The number of nitrogens with zero attached hydrogens (tertiary/aromatic N) is 1. The first-order valence-corrected chi connectivity index (χ1v) is 7.28. The van der Waals surface area contributed by atoms with Gasteiger partial charge in [0.1, 0.15) is 0 Å². The molecule has 1 aromatic carbocycles. The maximum Gasteiger partial charge on any atom is 0.317 e. The second-order valence-corrected chi connectivity index (χ2v) is 5.77. The number of amides is 2. The Morgan fingerprint density at radius 2 is 2.25 bits per heavy atom. The van der Waals surface area contributed by atoms with Crippen LogP contribution in [0.4, 0.5) is 4.79 Å². The summed E-state index contributed by atoms with van der Waals surface area (Å²) in [6, 6.07) is 5.68. The molecule has 6 heteroatoms. The molecule has 0 saturated carbocycles. The number of likely N-dealkylation sites (tertiary alicyclic amines) is 1. The van der Waals surface area contributed by atoms with E-state index in [1.807, 2.05) is 25.1 Å². The van der Waals surface area contributed by atoms with Gasteiger partial charge in [-0.05, 0) is 24.5 Å². The Bertz CT molecular complexity index is 533. The molecule has 0 aliphatic carbocycles. The van der Waals surface area contributed by atoms with E-state index in [9.17, 15) is 9.59 Å². The van der Waals surface area contributed by atoms with E-state index in [0.29, 0.717) is 19.5 Å². The smallest absolute Gasteiger partial charge is 0.317 e. The average Bonchev–Trinajstić information content (AvgIpc) is 2.90. The Morgan fingerprint density at radius 3 is 2.90 bits per heavy atom. The number of aryl methyl sites for hydroxylation is 1. The van der Waals surface area contributed by atoms with Gasteiger partial charge in [0, 0.05) is 24.1 Å². The second kappa shape index (κ2) is 6.26. The fourth-order valence-corrected chi connectivity index (χ4v) is 2.68. The summed E-state index contributed by atoms with van der Waals surface area (Å²) in [7, 11) is 0. The molecule has 1 unspecified atom stereocenters. The molecule has 0 bridgehead atoms. The molecule has 2 amide bonds. The van der Waals surface area contributed by atoms with Gasteiger partial charge in [-0.25, -0.2) is 4.79 Å². The number of hydrogen-bond donors (Lipinski definition) is 2. The van der Waals surface area contributed by atoms with Crippen LogP contribution in [0.2, 0.25) is 0 Å². The monoisotopic (exact) mass is 340 g/mol. The van der Waals surface area contributed by atoms with E-state index >= 15 is 0 Å². The van der Waals surface area contributed by atoms with E-state index in [4.69, 9.17) is 5.11 Å². The van der Waals surface area contributed by atoms with Crippen LogP contribution in [0, 0.1) is 12.8 Å². The van der Waals surface area contributed by atoms with Crippen molar-refractivity contribution in [3.8, 4) is 0 Å². The maximum absolute atomic E-state index is 12.0. The van der Waals surface area contributed by atoms with E-state index in [0.717, 1.165) is 15.6 Å². The number of rotatable bonds is 3. The molecule has 1 aliphatic rings. The standard InChI is InChI=1S/C14H17BrN2O3/c1-9-3-2-4-10(12(9)15)7-16-14(20)17-6-5-11(8-17)13(18)19/h2-4,11H,5-8H2,1H3,(H,16,20)(H,18,19). The van der Waals surface area contributed by atoms with Gasteiger partial charge < -0.3 is 15.3 Å². The van der Waals surface area contributed by atoms with Crippen LogP contribution in [0.25, 0.3) is 0 Å². The molecule has 0 radical (unpaired) electrons. The van der Waals surface area contributed by atoms with E-state index in [1.165, 1.54) is 0 Å². The number of halogens is 1. The van der Waals surface area contributed by atoms with Gasteiger partial charge in [0.25, 0.3) is 0 Å². The van der Waals surface area contributed by atoms with Crippen molar-refractivity contribution in [1.29, 1.82) is 0 Å². The normalized spacial score (nSPS) is 18.1. The third-order valence-corrected chi connectivity index (χ3v) is 4.66. The number of hydrogen-bond acceptors (Lipinski definition) is 2. The molecule has 1 fully saturated rings. The first-order valence-electron chi connectivity index (χ1n) is 6.48. The van der Waals surface area contributed by atoms with Crippen molar-refractivity contribution in [3.05, 3.63) is 33.8 Å². The number of carbonyl (C=O) groups is 2. The summed E-state index contributed by atoms with van der Waals surface area (Å²) in [5.74, 6) is -1.27. The summed E-state index contributed by atoms with van der Waals surface area (Å²) in [6.45, 7) is 3.20. The SMILES string of the molecule is Cc1cccc(CNC(=O)N2CCC(C(=O)O)C2)c1Br. The lowest BCUT2D eigenvalue weighted by molar-refractivity contribution is -0.141. The lowest BCUT2D eigenvalue weighted by Gasteiger charge is -2.17. The van der Waals surface area contributed by atoms with Crippen molar-refractivity contribution in [1.82, 2.24) is 10.2 Å². The molecule has 2 N–H and O–H groups in total. The number of urea groups is 1. The summed E-state index contributed by atoms with van der Waals surface area (Å²) >= 11 is 3.50. The minimum absolute atomic E-state index is 0.206. The van der Waals surface area contributed by atoms with E-state index in [2.05, 4.69) is 21.2 Å². The van der Waals surface area contributed by atoms with Gasteiger partial charge in [-0.3, -0.25) is 4.79 Å². The summed E-state index contributed by atoms with van der Waals surface area (Å²) in [4.78, 5) is 24.4. The Kier molecular flexibility index (Phi) is 4.65. The van der Waals surface area contributed by atoms with Gasteiger partial charge in [-0.1, -0.05) is 34.1 Å². The Morgan fingerprint density at radius 1 is 1.50 bits per heavy atom. The van der Waals surface area contributed by atoms with Crippen LogP contribution in [0.5, 0.6) is 0 Å². The molecule has 0 aromatic heterocycles. The molecule has 1 heterocycles. The molecule has 20 heavy (non-hydrogen) atoms. The third-order valence-electron chi connectivity index (χ3n) is 3.53. The van der Waals surface area contributed by atoms with Crippen LogP contribution < -0.4 is 5.32 Å². The predicted octanol–water partition coefficient (Wildman–Crippen LogP) is 2.37. The summed E-state index contributed by atoms with van der Waals surface area (Å²) in [5.41, 5.74) is 2.12. The Labute approximate surface area is 126 Å². The van der Waals surface area contributed by atoms with Gasteiger partial charge >= 0.3 is 12.0 Å².